The Morgan fingerprint density at radius 3 is 1.43 bits per heavy atom. The summed E-state index contributed by atoms with van der Waals surface area (Å²) in [4.78, 5) is 47.9. The Morgan fingerprint density at radius 2 is 0.950 bits per heavy atom. The number of carboxylic acids is 1. The van der Waals surface area contributed by atoms with Crippen molar-refractivity contribution in [3.05, 3.63) is 122 Å². The van der Waals surface area contributed by atoms with E-state index in [1.165, 1.54) is 0 Å². The van der Waals surface area contributed by atoms with Crippen molar-refractivity contribution in [3.63, 3.8) is 0 Å². The van der Waals surface area contributed by atoms with Crippen LogP contribution in [-0.2, 0) is 23.9 Å². The molecule has 0 fully saturated rings. The third-order valence-electron chi connectivity index (χ3n) is 8.94. The van der Waals surface area contributed by atoms with Gasteiger partial charge in [0.25, 0.3) is 0 Å². The number of hydrogen-bond acceptors (Lipinski definition) is 6. The molecule has 0 aromatic heterocycles. The average molecular weight is 831 g/mol. The third kappa shape index (κ3) is 40.0. The van der Waals surface area contributed by atoms with Crippen molar-refractivity contribution in [1.82, 2.24) is 10.6 Å². The molecule has 334 valence electrons. The van der Waals surface area contributed by atoms with Crippen LogP contribution in [0.3, 0.4) is 0 Å². The molecule has 4 N–H and O–H groups in total. The van der Waals surface area contributed by atoms with Crippen LogP contribution in [0, 0.1) is 0 Å². The number of amides is 2. The summed E-state index contributed by atoms with van der Waals surface area (Å²) in [6, 6.07) is -1.42. The molecule has 0 spiro atoms. The molecule has 2 amide bonds. The predicted octanol–water partition coefficient (Wildman–Crippen LogP) is 11.4. The normalized spacial score (nSPS) is 13.7. The minimum absolute atomic E-state index is 0.170. The van der Waals surface area contributed by atoms with Gasteiger partial charge in [0, 0.05) is 12.8 Å². The van der Waals surface area contributed by atoms with Gasteiger partial charge in [-0.1, -0.05) is 149 Å². The second-order valence-electron chi connectivity index (χ2n) is 14.4. The van der Waals surface area contributed by atoms with Gasteiger partial charge in [0.15, 0.2) is 0 Å². The lowest BCUT2D eigenvalue weighted by atomic mass is 10.1. The predicted molar refractivity (Wildman–Crippen MR) is 249 cm³/mol. The molecule has 9 nitrogen and oxygen atoms in total. The van der Waals surface area contributed by atoms with Crippen LogP contribution in [0.1, 0.15) is 149 Å². The largest absolute Gasteiger partial charge is 0.480 e. The summed E-state index contributed by atoms with van der Waals surface area (Å²) in [7, 11) is 0. The van der Waals surface area contributed by atoms with Gasteiger partial charge in [-0.25, -0.2) is 4.79 Å². The highest BCUT2D eigenvalue weighted by Crippen LogP contribution is 2.13. The number of unbranched alkanes of at least 4 members (excludes halogenated alkanes) is 6. The minimum atomic E-state index is -1.42. The van der Waals surface area contributed by atoms with E-state index in [0.29, 0.717) is 32.1 Å². The van der Waals surface area contributed by atoms with Gasteiger partial charge in [0.1, 0.15) is 12.1 Å². The Kier molecular flexibility index (Phi) is 40.3. The number of rotatable bonds is 38. The van der Waals surface area contributed by atoms with Crippen molar-refractivity contribution in [2.45, 2.75) is 161 Å². The molecule has 0 radical (unpaired) electrons. The van der Waals surface area contributed by atoms with Crippen LogP contribution >= 0.6 is 0 Å². The van der Waals surface area contributed by atoms with Crippen LogP contribution in [-0.4, -0.2) is 59.3 Å². The first kappa shape index (κ1) is 55.2. The van der Waals surface area contributed by atoms with Crippen LogP contribution in [0.2, 0.25) is 0 Å². The lowest BCUT2D eigenvalue weighted by molar-refractivity contribution is -0.147. The molecule has 0 bridgehead atoms. The van der Waals surface area contributed by atoms with E-state index in [-0.39, 0.29) is 24.8 Å². The van der Waals surface area contributed by atoms with Gasteiger partial charge in [0.2, 0.25) is 11.8 Å². The molecule has 0 saturated carbocycles. The topological polar surface area (TPSA) is 142 Å². The molecule has 2 unspecified atom stereocenters. The van der Waals surface area contributed by atoms with Crippen molar-refractivity contribution in [2.24, 2.45) is 0 Å². The van der Waals surface area contributed by atoms with E-state index in [0.717, 1.165) is 96.3 Å². The van der Waals surface area contributed by atoms with Crippen LogP contribution in [0.4, 0.5) is 0 Å². The Bertz CT molecular complexity index is 1410. The van der Waals surface area contributed by atoms with E-state index in [1.807, 2.05) is 12.2 Å². The molecule has 0 aliphatic heterocycles. The van der Waals surface area contributed by atoms with Gasteiger partial charge in [-0.2, -0.15) is 0 Å². The van der Waals surface area contributed by atoms with Crippen LogP contribution < -0.4 is 10.6 Å². The zero-order valence-electron chi connectivity index (χ0n) is 36.9. The summed E-state index contributed by atoms with van der Waals surface area (Å²) in [6.07, 6.45) is 60.9. The lowest BCUT2D eigenvalue weighted by Gasteiger charge is -2.15. The SMILES string of the molecule is CC/C=C\C/C=C\C/C=C\C/C=C\C/C=C\CCCCCCCC(=O)OC(/C=C\C/C=C\C/C=C\C/C=C\C/C=C\CC)CCCCC(=O)NCC(=O)NC(CO)C(=O)O. The lowest BCUT2D eigenvalue weighted by Crippen LogP contribution is -2.47. The number of esters is 1. The Balaban J connectivity index is 4.55. The number of aliphatic carboxylic acids is 1. The number of allylic oxidation sites excluding steroid dienone is 19. The fourth-order valence-electron chi connectivity index (χ4n) is 5.57. The van der Waals surface area contributed by atoms with Gasteiger partial charge >= 0.3 is 11.9 Å². The second kappa shape index (κ2) is 43.8. The van der Waals surface area contributed by atoms with Crippen molar-refractivity contribution in [3.8, 4) is 0 Å². The number of nitrogens with one attached hydrogen (secondary N) is 2. The average Bonchev–Trinajstić information content (AvgIpc) is 3.23. The quantitative estimate of drug-likeness (QED) is 0.0276. The van der Waals surface area contributed by atoms with Crippen molar-refractivity contribution in [2.75, 3.05) is 13.2 Å². The zero-order chi connectivity index (χ0) is 44.0. The highest BCUT2D eigenvalue weighted by Gasteiger charge is 2.19. The minimum Gasteiger partial charge on any atom is -0.480 e. The standard InChI is InChI=1S/C51H78N2O7/c1-3-5-7-9-11-13-15-17-19-20-21-22-23-24-25-27-29-31-33-35-37-43-50(57)60-46(40-36-34-32-30-28-26-18-16-14-12-10-8-6-4-2)41-38-39-42-48(55)52-44-49(56)53-47(45-54)51(58)59/h5-8,11-14,17-19,21-22,24-26,30,32,36,40,46-47,54H,3-4,9-10,15-16,20,23,27-29,31,33-35,37-39,41-45H2,1-2H3,(H,52,55)(H,53,56)(H,58,59)/b7-5-,8-6-,13-11-,14-12-,19-17-,22-21-,25-24-,26-18-,32-30-,40-36-. The summed E-state index contributed by atoms with van der Waals surface area (Å²) >= 11 is 0. The fraction of sp³-hybridized carbons (Fsp3) is 0.529. The van der Waals surface area contributed by atoms with E-state index >= 15 is 0 Å². The molecule has 0 aromatic carbocycles. The Hall–Kier alpha value is -4.76. The molecule has 9 heteroatoms. The molecular weight excluding hydrogens is 753 g/mol. The van der Waals surface area contributed by atoms with E-state index < -0.39 is 30.6 Å². The zero-order valence-corrected chi connectivity index (χ0v) is 36.9. The number of carbonyl (C=O) groups excluding carboxylic acids is 3. The van der Waals surface area contributed by atoms with Gasteiger partial charge in [-0.15, -0.1) is 0 Å². The molecule has 0 aliphatic carbocycles. The first-order valence-corrected chi connectivity index (χ1v) is 22.4. The van der Waals surface area contributed by atoms with Crippen molar-refractivity contribution >= 4 is 23.8 Å². The highest BCUT2D eigenvalue weighted by atomic mass is 16.5. The Morgan fingerprint density at radius 1 is 0.517 bits per heavy atom. The second-order valence-corrected chi connectivity index (χ2v) is 14.4. The van der Waals surface area contributed by atoms with E-state index in [1.54, 1.807) is 0 Å². The molecular formula is C51H78N2O7. The van der Waals surface area contributed by atoms with E-state index in [2.05, 4.69) is 134 Å². The highest BCUT2D eigenvalue weighted by molar-refractivity contribution is 5.87. The molecule has 0 rings (SSSR count). The van der Waals surface area contributed by atoms with Crippen LogP contribution in [0.25, 0.3) is 0 Å². The smallest absolute Gasteiger partial charge is 0.328 e. The molecule has 60 heavy (non-hydrogen) atoms. The van der Waals surface area contributed by atoms with Gasteiger partial charge in [0.05, 0.1) is 13.2 Å². The number of hydrogen-bond donors (Lipinski definition) is 4. The summed E-state index contributed by atoms with van der Waals surface area (Å²) < 4.78 is 5.84. The van der Waals surface area contributed by atoms with Crippen LogP contribution in [0.5, 0.6) is 0 Å². The first-order chi connectivity index (χ1) is 29.3. The van der Waals surface area contributed by atoms with E-state index in [9.17, 15) is 19.2 Å². The fourth-order valence-corrected chi connectivity index (χ4v) is 5.57. The Labute approximate surface area is 363 Å². The molecule has 0 aromatic rings. The monoisotopic (exact) mass is 831 g/mol. The molecule has 2 atom stereocenters. The molecule has 0 heterocycles. The molecule has 0 aliphatic rings. The van der Waals surface area contributed by atoms with Crippen molar-refractivity contribution < 1.29 is 34.1 Å². The number of carboxylic acid groups (broad SMARTS) is 1. The van der Waals surface area contributed by atoms with Gasteiger partial charge < -0.3 is 25.6 Å². The number of ether oxygens (including phenoxy) is 1. The summed E-state index contributed by atoms with van der Waals surface area (Å²) in [5.74, 6) is -2.62. The summed E-state index contributed by atoms with van der Waals surface area (Å²) in [5.41, 5.74) is 0. The first-order valence-electron chi connectivity index (χ1n) is 22.4. The maximum absolute atomic E-state index is 12.8. The van der Waals surface area contributed by atoms with Crippen LogP contribution in [0.15, 0.2) is 122 Å². The molecule has 0 saturated heterocycles. The maximum atomic E-state index is 12.8. The maximum Gasteiger partial charge on any atom is 0.328 e. The van der Waals surface area contributed by atoms with E-state index in [4.69, 9.17) is 14.9 Å². The van der Waals surface area contributed by atoms with Gasteiger partial charge in [-0.3, -0.25) is 14.4 Å². The number of aliphatic hydroxyl groups is 1. The summed E-state index contributed by atoms with van der Waals surface area (Å²) in [5, 5.41) is 22.6. The summed E-state index contributed by atoms with van der Waals surface area (Å²) in [6.45, 7) is 3.15. The number of carbonyl (C=O) groups is 4. The number of aliphatic hydroxyl groups excluding tert-OH is 1. The van der Waals surface area contributed by atoms with Crippen molar-refractivity contribution in [1.29, 1.82) is 0 Å². The van der Waals surface area contributed by atoms with Gasteiger partial charge in [-0.05, 0) is 109 Å². The third-order valence-corrected chi connectivity index (χ3v) is 8.94.